The fraction of sp³-hybridized carbons (Fsp3) is 0.133. The molecule has 0 saturated carbocycles. The lowest BCUT2D eigenvalue weighted by molar-refractivity contribution is 0.199. The molecule has 0 aromatic heterocycles. The van der Waals surface area contributed by atoms with Crippen LogP contribution >= 0.6 is 11.6 Å². The predicted molar refractivity (Wildman–Crippen MR) is 81.2 cm³/mol. The van der Waals surface area contributed by atoms with Gasteiger partial charge in [-0.3, -0.25) is 0 Å². The molecular weight excluding hydrogens is 276 g/mol. The molecular formula is C15H15ClN2O2. The van der Waals surface area contributed by atoms with Crippen molar-refractivity contribution in [3.8, 4) is 0 Å². The van der Waals surface area contributed by atoms with Gasteiger partial charge in [0.2, 0.25) is 0 Å². The molecule has 5 heteroatoms. The Morgan fingerprint density at radius 2 is 1.75 bits per heavy atom. The minimum Gasteiger partial charge on any atom is -0.389 e. The van der Waals surface area contributed by atoms with Gasteiger partial charge in [0.05, 0.1) is 6.10 Å². The maximum Gasteiger partial charge on any atom is 0.323 e. The number of carbonyl (C=O) groups is 1. The molecule has 0 saturated heterocycles. The summed E-state index contributed by atoms with van der Waals surface area (Å²) in [5, 5.41) is 15.5. The number of halogens is 1. The van der Waals surface area contributed by atoms with Crippen LogP contribution in [0.1, 0.15) is 18.6 Å². The fourth-order valence-electron chi connectivity index (χ4n) is 1.70. The molecule has 2 amide bonds. The zero-order chi connectivity index (χ0) is 14.5. The van der Waals surface area contributed by atoms with E-state index in [2.05, 4.69) is 10.6 Å². The molecule has 2 aromatic carbocycles. The predicted octanol–water partition coefficient (Wildman–Crippen LogP) is 4.04. The lowest BCUT2D eigenvalue weighted by atomic mass is 10.1. The van der Waals surface area contributed by atoms with Crippen molar-refractivity contribution in [2.75, 3.05) is 10.6 Å². The fourth-order valence-corrected chi connectivity index (χ4v) is 1.83. The smallest absolute Gasteiger partial charge is 0.323 e. The van der Waals surface area contributed by atoms with E-state index in [1.807, 2.05) is 0 Å². The van der Waals surface area contributed by atoms with Crippen molar-refractivity contribution in [3.05, 3.63) is 59.1 Å². The molecule has 2 rings (SSSR count). The maximum absolute atomic E-state index is 11.8. The summed E-state index contributed by atoms with van der Waals surface area (Å²) >= 11 is 5.77. The van der Waals surface area contributed by atoms with Gasteiger partial charge >= 0.3 is 6.03 Å². The van der Waals surface area contributed by atoms with Crippen molar-refractivity contribution in [2.45, 2.75) is 13.0 Å². The van der Waals surface area contributed by atoms with Gasteiger partial charge in [-0.15, -0.1) is 0 Å². The van der Waals surface area contributed by atoms with Crippen LogP contribution in [0.3, 0.4) is 0 Å². The number of urea groups is 1. The normalized spacial score (nSPS) is 11.8. The zero-order valence-electron chi connectivity index (χ0n) is 10.9. The second-order valence-corrected chi connectivity index (χ2v) is 4.82. The Balaban J connectivity index is 2.01. The van der Waals surface area contributed by atoms with E-state index in [1.54, 1.807) is 55.5 Å². The molecule has 4 nitrogen and oxygen atoms in total. The molecule has 0 aliphatic heterocycles. The van der Waals surface area contributed by atoms with Gasteiger partial charge in [0, 0.05) is 16.4 Å². The molecule has 0 aliphatic carbocycles. The number of benzene rings is 2. The number of carbonyl (C=O) groups excluding carboxylic acids is 1. The van der Waals surface area contributed by atoms with E-state index in [0.29, 0.717) is 16.4 Å². The van der Waals surface area contributed by atoms with Crippen molar-refractivity contribution < 1.29 is 9.90 Å². The second-order valence-electron chi connectivity index (χ2n) is 4.39. The molecule has 0 fully saturated rings. The first-order valence-corrected chi connectivity index (χ1v) is 6.54. The zero-order valence-corrected chi connectivity index (χ0v) is 11.7. The number of rotatable bonds is 3. The number of hydrogen-bond acceptors (Lipinski definition) is 2. The second kappa shape index (κ2) is 6.41. The van der Waals surface area contributed by atoms with Crippen LogP contribution in [0, 0.1) is 0 Å². The average Bonchev–Trinajstić information content (AvgIpc) is 2.41. The highest BCUT2D eigenvalue weighted by Crippen LogP contribution is 2.18. The first-order chi connectivity index (χ1) is 9.54. The van der Waals surface area contributed by atoms with Crippen LogP contribution in [0.15, 0.2) is 48.5 Å². The molecule has 0 bridgehead atoms. The summed E-state index contributed by atoms with van der Waals surface area (Å²) in [5.74, 6) is 0. The summed E-state index contributed by atoms with van der Waals surface area (Å²) in [7, 11) is 0. The summed E-state index contributed by atoms with van der Waals surface area (Å²) in [6.45, 7) is 1.67. The number of aliphatic hydroxyl groups is 1. The summed E-state index contributed by atoms with van der Waals surface area (Å²) < 4.78 is 0. The van der Waals surface area contributed by atoms with Crippen LogP contribution in [0.25, 0.3) is 0 Å². The summed E-state index contributed by atoms with van der Waals surface area (Å²) in [6.07, 6.45) is -0.573. The Bertz CT molecular complexity index is 597. The molecule has 1 atom stereocenters. The third-order valence-electron chi connectivity index (χ3n) is 2.73. The molecule has 0 aliphatic rings. The van der Waals surface area contributed by atoms with Gasteiger partial charge in [-0.25, -0.2) is 4.79 Å². The van der Waals surface area contributed by atoms with Crippen molar-refractivity contribution in [3.63, 3.8) is 0 Å². The van der Waals surface area contributed by atoms with Gasteiger partial charge < -0.3 is 15.7 Å². The Morgan fingerprint density at radius 3 is 2.40 bits per heavy atom. The van der Waals surface area contributed by atoms with E-state index in [1.165, 1.54) is 0 Å². The van der Waals surface area contributed by atoms with E-state index in [9.17, 15) is 9.90 Å². The highest BCUT2D eigenvalue weighted by atomic mass is 35.5. The quantitative estimate of drug-likeness (QED) is 0.799. The van der Waals surface area contributed by atoms with Gasteiger partial charge in [-0.05, 0) is 48.9 Å². The minimum absolute atomic E-state index is 0.352. The summed E-state index contributed by atoms with van der Waals surface area (Å²) in [4.78, 5) is 11.8. The Morgan fingerprint density at radius 1 is 1.10 bits per heavy atom. The van der Waals surface area contributed by atoms with E-state index in [0.717, 1.165) is 5.56 Å². The van der Waals surface area contributed by atoms with Gasteiger partial charge in [0.15, 0.2) is 0 Å². The highest BCUT2D eigenvalue weighted by Gasteiger charge is 2.05. The highest BCUT2D eigenvalue weighted by molar-refractivity contribution is 6.30. The third kappa shape index (κ3) is 3.98. The SMILES string of the molecule is C[C@@H](O)c1cccc(NC(=O)Nc2ccc(Cl)cc2)c1. The third-order valence-corrected chi connectivity index (χ3v) is 2.98. The number of nitrogens with one attached hydrogen (secondary N) is 2. The van der Waals surface area contributed by atoms with Crippen LogP contribution in [0.2, 0.25) is 5.02 Å². The van der Waals surface area contributed by atoms with Crippen LogP contribution in [0.4, 0.5) is 16.2 Å². The number of anilines is 2. The Hall–Kier alpha value is -2.04. The van der Waals surface area contributed by atoms with Crippen molar-refractivity contribution in [1.82, 2.24) is 0 Å². The summed E-state index contributed by atoms with van der Waals surface area (Å²) in [5.41, 5.74) is 2.02. The molecule has 2 aromatic rings. The monoisotopic (exact) mass is 290 g/mol. The Kier molecular flexibility index (Phi) is 4.61. The lowest BCUT2D eigenvalue weighted by Crippen LogP contribution is -2.19. The molecule has 3 N–H and O–H groups in total. The van der Waals surface area contributed by atoms with Crippen LogP contribution in [-0.4, -0.2) is 11.1 Å². The molecule has 0 spiro atoms. The van der Waals surface area contributed by atoms with Crippen LogP contribution in [-0.2, 0) is 0 Å². The van der Waals surface area contributed by atoms with Crippen LogP contribution < -0.4 is 10.6 Å². The number of amides is 2. The maximum atomic E-state index is 11.8. The standard InChI is InChI=1S/C15H15ClN2O2/c1-10(19)11-3-2-4-14(9-11)18-15(20)17-13-7-5-12(16)6-8-13/h2-10,19H,1H3,(H2,17,18,20)/t10-/m1/s1. The molecule has 0 unspecified atom stereocenters. The number of aliphatic hydroxyl groups excluding tert-OH is 1. The average molecular weight is 291 g/mol. The van der Waals surface area contributed by atoms with E-state index in [-0.39, 0.29) is 6.03 Å². The van der Waals surface area contributed by atoms with Crippen LogP contribution in [0.5, 0.6) is 0 Å². The first kappa shape index (κ1) is 14.4. The summed E-state index contributed by atoms with van der Waals surface area (Å²) in [6, 6.07) is 13.5. The molecule has 104 valence electrons. The topological polar surface area (TPSA) is 61.4 Å². The van der Waals surface area contributed by atoms with E-state index in [4.69, 9.17) is 11.6 Å². The van der Waals surface area contributed by atoms with Gasteiger partial charge in [0.1, 0.15) is 0 Å². The van der Waals surface area contributed by atoms with Gasteiger partial charge in [-0.1, -0.05) is 23.7 Å². The number of hydrogen-bond donors (Lipinski definition) is 3. The van der Waals surface area contributed by atoms with Gasteiger partial charge in [-0.2, -0.15) is 0 Å². The molecule has 0 heterocycles. The largest absolute Gasteiger partial charge is 0.389 e. The Labute approximate surface area is 122 Å². The van der Waals surface area contributed by atoms with Crippen molar-refractivity contribution in [1.29, 1.82) is 0 Å². The van der Waals surface area contributed by atoms with E-state index >= 15 is 0 Å². The lowest BCUT2D eigenvalue weighted by Gasteiger charge is -2.10. The first-order valence-electron chi connectivity index (χ1n) is 6.16. The molecule has 20 heavy (non-hydrogen) atoms. The molecule has 0 radical (unpaired) electrons. The van der Waals surface area contributed by atoms with E-state index < -0.39 is 6.10 Å². The van der Waals surface area contributed by atoms with Crippen molar-refractivity contribution in [2.24, 2.45) is 0 Å². The van der Waals surface area contributed by atoms with Crippen molar-refractivity contribution >= 4 is 29.0 Å². The minimum atomic E-state index is -0.573. The van der Waals surface area contributed by atoms with Gasteiger partial charge in [0.25, 0.3) is 0 Å².